The van der Waals surface area contributed by atoms with Crippen molar-refractivity contribution in [3.05, 3.63) is 22.8 Å². The van der Waals surface area contributed by atoms with Crippen molar-refractivity contribution in [3.63, 3.8) is 0 Å². The van der Waals surface area contributed by atoms with E-state index in [0.29, 0.717) is 17.7 Å². The number of hydrogen-bond donors (Lipinski definition) is 1. The fraction of sp³-hybridized carbons (Fsp3) is 0.571. The molecule has 1 heterocycles. The number of carbonyl (C=O) groups is 1. The fourth-order valence-corrected chi connectivity index (χ4v) is 2.63. The van der Waals surface area contributed by atoms with Crippen molar-refractivity contribution in [3.8, 4) is 5.88 Å². The lowest BCUT2D eigenvalue weighted by Gasteiger charge is -2.31. The fourth-order valence-electron chi connectivity index (χ4n) is 2.43. The molecule has 0 radical (unpaired) electrons. The lowest BCUT2D eigenvalue weighted by molar-refractivity contribution is 0.0693. The van der Waals surface area contributed by atoms with Gasteiger partial charge in [0.15, 0.2) is 0 Å². The minimum atomic E-state index is -1.03. The number of halogens is 1. The van der Waals surface area contributed by atoms with Crippen LogP contribution in [-0.2, 0) is 0 Å². The van der Waals surface area contributed by atoms with E-state index in [9.17, 15) is 4.79 Å². The van der Waals surface area contributed by atoms with Crippen molar-refractivity contribution in [1.29, 1.82) is 0 Å². The quantitative estimate of drug-likeness (QED) is 0.861. The van der Waals surface area contributed by atoms with Crippen LogP contribution in [0.4, 0.5) is 0 Å². The van der Waals surface area contributed by atoms with Gasteiger partial charge in [-0.15, -0.1) is 0 Å². The Morgan fingerprint density at radius 3 is 2.74 bits per heavy atom. The molecule has 3 unspecified atom stereocenters. The molecule has 0 amide bonds. The average Bonchev–Trinajstić information content (AvgIpc) is 2.33. The number of carboxylic acid groups (broad SMARTS) is 1. The summed E-state index contributed by atoms with van der Waals surface area (Å²) in [4.78, 5) is 15.0. The molecule has 1 aromatic heterocycles. The van der Waals surface area contributed by atoms with Gasteiger partial charge in [0.2, 0.25) is 5.88 Å². The van der Waals surface area contributed by atoms with Gasteiger partial charge in [-0.25, -0.2) is 9.78 Å². The summed E-state index contributed by atoms with van der Waals surface area (Å²) in [6.07, 6.45) is 3.16. The van der Waals surface area contributed by atoms with Crippen molar-refractivity contribution in [1.82, 2.24) is 4.98 Å². The second-order valence-corrected chi connectivity index (χ2v) is 5.72. The first-order chi connectivity index (χ1) is 8.95. The third-order valence-corrected chi connectivity index (χ3v) is 4.05. The topological polar surface area (TPSA) is 59.4 Å². The van der Waals surface area contributed by atoms with E-state index in [0.717, 1.165) is 19.3 Å². The van der Waals surface area contributed by atoms with E-state index in [2.05, 4.69) is 18.8 Å². The summed E-state index contributed by atoms with van der Waals surface area (Å²) in [5.41, 5.74) is 0.104. The maximum atomic E-state index is 11.0. The Morgan fingerprint density at radius 2 is 2.11 bits per heavy atom. The summed E-state index contributed by atoms with van der Waals surface area (Å²) in [5.74, 6) is 0.593. The molecule has 3 atom stereocenters. The highest BCUT2D eigenvalue weighted by molar-refractivity contribution is 6.29. The van der Waals surface area contributed by atoms with Crippen molar-refractivity contribution in [2.45, 2.75) is 39.2 Å². The van der Waals surface area contributed by atoms with Crippen LogP contribution in [0.15, 0.2) is 12.1 Å². The minimum Gasteiger partial charge on any atom is -0.478 e. The summed E-state index contributed by atoms with van der Waals surface area (Å²) in [6, 6.07) is 2.75. The molecule has 1 saturated carbocycles. The van der Waals surface area contributed by atoms with Gasteiger partial charge in [0, 0.05) is 6.07 Å². The van der Waals surface area contributed by atoms with E-state index >= 15 is 0 Å². The molecule has 1 aliphatic carbocycles. The van der Waals surface area contributed by atoms with E-state index < -0.39 is 5.97 Å². The second-order valence-electron chi connectivity index (χ2n) is 5.33. The van der Waals surface area contributed by atoms with Crippen LogP contribution < -0.4 is 4.74 Å². The molecule has 1 fully saturated rings. The number of nitrogens with zero attached hydrogens (tertiary/aromatic N) is 1. The number of pyridine rings is 1. The van der Waals surface area contributed by atoms with Crippen LogP contribution >= 0.6 is 11.6 Å². The van der Waals surface area contributed by atoms with Crippen molar-refractivity contribution in [2.75, 3.05) is 0 Å². The van der Waals surface area contributed by atoms with Gasteiger partial charge in [0.1, 0.15) is 11.3 Å². The molecule has 5 heteroatoms. The van der Waals surface area contributed by atoms with E-state index in [-0.39, 0.29) is 16.8 Å². The monoisotopic (exact) mass is 283 g/mol. The van der Waals surface area contributed by atoms with E-state index in [1.165, 1.54) is 12.1 Å². The normalized spacial score (nSPS) is 27.0. The standard InChI is InChI=1S/C14H18ClNO3/c1-8-3-4-11(5-9(8)2)19-13-7-10(14(17)18)6-12(15)16-13/h6-9,11H,3-5H2,1-2H3,(H,17,18). The molecule has 1 aliphatic rings. The summed E-state index contributed by atoms with van der Waals surface area (Å²) >= 11 is 5.81. The molecular formula is C14H18ClNO3. The Labute approximate surface area is 117 Å². The van der Waals surface area contributed by atoms with Crippen LogP contribution in [0.5, 0.6) is 5.88 Å². The molecule has 0 aromatic carbocycles. The molecule has 0 bridgehead atoms. The van der Waals surface area contributed by atoms with Crippen LogP contribution in [0.1, 0.15) is 43.5 Å². The van der Waals surface area contributed by atoms with Gasteiger partial charge < -0.3 is 9.84 Å². The third-order valence-electron chi connectivity index (χ3n) is 3.86. The van der Waals surface area contributed by atoms with Crippen molar-refractivity contribution >= 4 is 17.6 Å². The Kier molecular flexibility index (Phi) is 4.30. The highest BCUT2D eigenvalue weighted by atomic mass is 35.5. The molecule has 0 aliphatic heterocycles. The lowest BCUT2D eigenvalue weighted by atomic mass is 9.80. The largest absolute Gasteiger partial charge is 0.478 e. The first-order valence-electron chi connectivity index (χ1n) is 6.53. The van der Waals surface area contributed by atoms with Gasteiger partial charge >= 0.3 is 5.97 Å². The Bertz CT molecular complexity index is 478. The number of hydrogen-bond acceptors (Lipinski definition) is 3. The first-order valence-corrected chi connectivity index (χ1v) is 6.91. The van der Waals surface area contributed by atoms with Crippen molar-refractivity contribution < 1.29 is 14.6 Å². The van der Waals surface area contributed by atoms with Gasteiger partial charge in [-0.05, 0) is 37.2 Å². The Hall–Kier alpha value is -1.29. The SMILES string of the molecule is CC1CCC(Oc2cc(C(=O)O)cc(Cl)n2)CC1C. The number of ether oxygens (including phenoxy) is 1. The molecule has 4 nitrogen and oxygen atoms in total. The zero-order chi connectivity index (χ0) is 14.0. The maximum absolute atomic E-state index is 11.0. The molecule has 1 aromatic rings. The molecule has 19 heavy (non-hydrogen) atoms. The van der Waals surface area contributed by atoms with Crippen LogP contribution in [0.2, 0.25) is 5.15 Å². The first kappa shape index (κ1) is 14.1. The zero-order valence-corrected chi connectivity index (χ0v) is 11.9. The summed E-state index contributed by atoms with van der Waals surface area (Å²) in [5, 5.41) is 9.12. The van der Waals surface area contributed by atoms with Gasteiger partial charge in [-0.1, -0.05) is 25.4 Å². The van der Waals surface area contributed by atoms with Crippen LogP contribution in [0.25, 0.3) is 0 Å². The highest BCUT2D eigenvalue weighted by Crippen LogP contribution is 2.31. The second kappa shape index (κ2) is 5.78. The zero-order valence-electron chi connectivity index (χ0n) is 11.1. The van der Waals surface area contributed by atoms with Gasteiger partial charge in [-0.2, -0.15) is 0 Å². The van der Waals surface area contributed by atoms with Gasteiger partial charge in [0.25, 0.3) is 0 Å². The predicted molar refractivity (Wildman–Crippen MR) is 72.8 cm³/mol. The average molecular weight is 284 g/mol. The Morgan fingerprint density at radius 1 is 1.37 bits per heavy atom. The predicted octanol–water partition coefficient (Wildman–Crippen LogP) is 3.64. The molecular weight excluding hydrogens is 266 g/mol. The van der Waals surface area contributed by atoms with Gasteiger partial charge in [0.05, 0.1) is 5.56 Å². The van der Waals surface area contributed by atoms with E-state index in [4.69, 9.17) is 21.4 Å². The van der Waals surface area contributed by atoms with Crippen LogP contribution in [0, 0.1) is 11.8 Å². The number of aromatic nitrogens is 1. The smallest absolute Gasteiger partial charge is 0.335 e. The Balaban J connectivity index is 2.09. The summed E-state index contributed by atoms with van der Waals surface area (Å²) in [7, 11) is 0. The maximum Gasteiger partial charge on any atom is 0.335 e. The van der Waals surface area contributed by atoms with Crippen molar-refractivity contribution in [2.24, 2.45) is 11.8 Å². The van der Waals surface area contributed by atoms with Gasteiger partial charge in [-0.3, -0.25) is 0 Å². The molecule has 0 saturated heterocycles. The number of aromatic carboxylic acids is 1. The molecule has 0 spiro atoms. The number of rotatable bonds is 3. The van der Waals surface area contributed by atoms with E-state index in [1.807, 2.05) is 0 Å². The van der Waals surface area contributed by atoms with Crippen LogP contribution in [0.3, 0.4) is 0 Å². The molecule has 2 rings (SSSR count). The summed E-state index contributed by atoms with van der Waals surface area (Å²) < 4.78 is 5.79. The number of carboxylic acids is 1. The van der Waals surface area contributed by atoms with E-state index in [1.54, 1.807) is 0 Å². The summed E-state index contributed by atoms with van der Waals surface area (Å²) in [6.45, 7) is 4.47. The molecule has 1 N–H and O–H groups in total. The highest BCUT2D eigenvalue weighted by Gasteiger charge is 2.26. The molecule has 104 valence electrons. The minimum absolute atomic E-state index is 0.0961. The van der Waals surface area contributed by atoms with Crippen LogP contribution in [-0.4, -0.2) is 22.2 Å². The lowest BCUT2D eigenvalue weighted by Crippen LogP contribution is -2.29. The third kappa shape index (κ3) is 3.60.